The molecule has 0 spiro atoms. The average molecular weight is 377 g/mol. The number of benzene rings is 2. The maximum Gasteiger partial charge on any atom is 0.277 e. The van der Waals surface area contributed by atoms with Gasteiger partial charge in [0.15, 0.2) is 0 Å². The highest BCUT2D eigenvalue weighted by Crippen LogP contribution is 2.35. The van der Waals surface area contributed by atoms with Crippen LogP contribution in [0.2, 0.25) is 5.02 Å². The first-order chi connectivity index (χ1) is 12.0. The lowest BCUT2D eigenvalue weighted by atomic mass is 9.98. The molecule has 0 amide bonds. The normalized spacial score (nSPS) is 13.6. The number of thioether (sulfide) groups is 1. The van der Waals surface area contributed by atoms with Gasteiger partial charge in [0.1, 0.15) is 5.82 Å². The Labute approximate surface area is 155 Å². The Morgan fingerprint density at radius 3 is 2.56 bits per heavy atom. The van der Waals surface area contributed by atoms with Gasteiger partial charge >= 0.3 is 0 Å². The first-order valence-corrected chi connectivity index (χ1v) is 9.27. The van der Waals surface area contributed by atoms with Gasteiger partial charge in [0.2, 0.25) is 5.89 Å². The van der Waals surface area contributed by atoms with Gasteiger partial charge in [-0.05, 0) is 36.1 Å². The molecule has 0 saturated carbocycles. The van der Waals surface area contributed by atoms with Crippen LogP contribution in [-0.4, -0.2) is 10.2 Å². The molecule has 130 valence electrons. The van der Waals surface area contributed by atoms with Gasteiger partial charge in [-0.3, -0.25) is 0 Å². The smallest absolute Gasteiger partial charge is 0.277 e. The third kappa shape index (κ3) is 4.61. The van der Waals surface area contributed by atoms with Crippen molar-refractivity contribution >= 4 is 23.4 Å². The Hall–Kier alpha value is -1.85. The van der Waals surface area contributed by atoms with Crippen molar-refractivity contribution in [2.45, 2.75) is 36.7 Å². The SMILES string of the molecule is CC(Cc1nnc(SC(C)c2ccc(F)c(Cl)c2)o1)c1ccccc1. The maximum atomic E-state index is 13.3. The Morgan fingerprint density at radius 2 is 1.84 bits per heavy atom. The van der Waals surface area contributed by atoms with Crippen LogP contribution in [0.15, 0.2) is 58.2 Å². The van der Waals surface area contributed by atoms with Crippen LogP contribution in [0.3, 0.4) is 0 Å². The summed E-state index contributed by atoms with van der Waals surface area (Å²) in [6.07, 6.45) is 0.689. The van der Waals surface area contributed by atoms with Gasteiger partial charge < -0.3 is 4.42 Å². The fraction of sp³-hybridized carbons (Fsp3) is 0.263. The molecular formula is C19H18ClFN2OS. The van der Waals surface area contributed by atoms with Crippen molar-refractivity contribution in [2.24, 2.45) is 0 Å². The van der Waals surface area contributed by atoms with E-state index in [1.807, 2.05) is 25.1 Å². The highest BCUT2D eigenvalue weighted by atomic mass is 35.5. The zero-order valence-corrected chi connectivity index (χ0v) is 15.5. The molecule has 1 aromatic heterocycles. The van der Waals surface area contributed by atoms with Crippen LogP contribution in [0.5, 0.6) is 0 Å². The van der Waals surface area contributed by atoms with Crippen LogP contribution in [-0.2, 0) is 6.42 Å². The van der Waals surface area contributed by atoms with Crippen LogP contribution in [0.25, 0.3) is 0 Å². The van der Waals surface area contributed by atoms with E-state index in [4.69, 9.17) is 16.0 Å². The van der Waals surface area contributed by atoms with Gasteiger partial charge in [0.25, 0.3) is 5.22 Å². The van der Waals surface area contributed by atoms with Crippen LogP contribution >= 0.6 is 23.4 Å². The lowest BCUT2D eigenvalue weighted by Gasteiger charge is -2.10. The first kappa shape index (κ1) is 18.0. The molecule has 0 bridgehead atoms. The molecule has 6 heteroatoms. The summed E-state index contributed by atoms with van der Waals surface area (Å²) in [6.45, 7) is 4.13. The molecular weight excluding hydrogens is 359 g/mol. The number of nitrogens with zero attached hydrogens (tertiary/aromatic N) is 2. The van der Waals surface area contributed by atoms with Gasteiger partial charge in [-0.25, -0.2) is 4.39 Å². The lowest BCUT2D eigenvalue weighted by Crippen LogP contribution is -1.98. The number of halogens is 2. The van der Waals surface area contributed by atoms with Crippen molar-refractivity contribution in [2.75, 3.05) is 0 Å². The molecule has 0 aliphatic carbocycles. The van der Waals surface area contributed by atoms with Crippen molar-refractivity contribution in [3.05, 3.63) is 76.4 Å². The number of aromatic nitrogens is 2. The van der Waals surface area contributed by atoms with E-state index < -0.39 is 5.82 Å². The minimum atomic E-state index is -0.419. The highest BCUT2D eigenvalue weighted by molar-refractivity contribution is 7.99. The van der Waals surface area contributed by atoms with Gasteiger partial charge in [0, 0.05) is 11.7 Å². The molecule has 25 heavy (non-hydrogen) atoms. The van der Waals surface area contributed by atoms with E-state index in [0.717, 1.165) is 5.56 Å². The summed E-state index contributed by atoms with van der Waals surface area (Å²) in [5, 5.41) is 8.89. The molecule has 2 aromatic carbocycles. The number of rotatable bonds is 6. The van der Waals surface area contributed by atoms with Crippen molar-refractivity contribution in [1.29, 1.82) is 0 Å². The summed E-state index contributed by atoms with van der Waals surface area (Å²) in [4.78, 5) is 0. The zero-order chi connectivity index (χ0) is 17.8. The van der Waals surface area contributed by atoms with Crippen molar-refractivity contribution in [3.63, 3.8) is 0 Å². The Bertz CT molecular complexity index is 840. The minimum absolute atomic E-state index is 0.0259. The molecule has 2 unspecified atom stereocenters. The van der Waals surface area contributed by atoms with Crippen molar-refractivity contribution in [1.82, 2.24) is 10.2 Å². The second-order valence-electron chi connectivity index (χ2n) is 5.91. The second-order valence-corrected chi connectivity index (χ2v) is 7.61. The van der Waals surface area contributed by atoms with Gasteiger partial charge in [-0.2, -0.15) is 0 Å². The van der Waals surface area contributed by atoms with E-state index in [1.165, 1.54) is 23.4 Å². The quantitative estimate of drug-likeness (QED) is 0.490. The second kappa shape index (κ2) is 8.02. The Kier molecular flexibility index (Phi) is 5.76. The summed E-state index contributed by atoms with van der Waals surface area (Å²) in [5.41, 5.74) is 2.15. The van der Waals surface area contributed by atoms with E-state index in [-0.39, 0.29) is 10.3 Å². The standard InChI is InChI=1S/C19H18ClFN2OS/c1-12(14-6-4-3-5-7-14)10-18-22-23-19(24-18)25-13(2)15-8-9-17(21)16(20)11-15/h3-9,11-13H,10H2,1-2H3. The fourth-order valence-corrected chi connectivity index (χ4v) is 3.52. The maximum absolute atomic E-state index is 13.3. The van der Waals surface area contributed by atoms with Gasteiger partial charge in [-0.1, -0.05) is 66.7 Å². The van der Waals surface area contributed by atoms with E-state index in [1.54, 1.807) is 12.1 Å². The molecule has 0 aliphatic heterocycles. The summed E-state index contributed by atoms with van der Waals surface area (Å²) in [6, 6.07) is 15.0. The lowest BCUT2D eigenvalue weighted by molar-refractivity contribution is 0.404. The van der Waals surface area contributed by atoms with E-state index >= 15 is 0 Å². The monoisotopic (exact) mass is 376 g/mol. The summed E-state index contributed by atoms with van der Waals surface area (Å²) < 4.78 is 19.0. The Morgan fingerprint density at radius 1 is 1.08 bits per heavy atom. The molecule has 0 fully saturated rings. The van der Waals surface area contributed by atoms with Crippen LogP contribution < -0.4 is 0 Å². The van der Waals surface area contributed by atoms with E-state index in [2.05, 4.69) is 29.3 Å². The molecule has 3 nitrogen and oxygen atoms in total. The summed E-state index contributed by atoms with van der Waals surface area (Å²) >= 11 is 7.28. The average Bonchev–Trinajstić information content (AvgIpc) is 3.04. The van der Waals surface area contributed by atoms with E-state index in [9.17, 15) is 4.39 Å². The molecule has 0 radical (unpaired) electrons. The topological polar surface area (TPSA) is 38.9 Å². The van der Waals surface area contributed by atoms with Gasteiger partial charge in [-0.15, -0.1) is 10.2 Å². The summed E-state index contributed by atoms with van der Waals surface area (Å²) in [7, 11) is 0. The van der Waals surface area contributed by atoms with Crippen molar-refractivity contribution < 1.29 is 8.81 Å². The number of hydrogen-bond acceptors (Lipinski definition) is 4. The minimum Gasteiger partial charge on any atom is -0.416 e. The molecule has 0 saturated heterocycles. The first-order valence-electron chi connectivity index (χ1n) is 8.02. The molecule has 3 rings (SSSR count). The third-order valence-electron chi connectivity index (χ3n) is 3.99. The van der Waals surface area contributed by atoms with Crippen molar-refractivity contribution in [3.8, 4) is 0 Å². The molecule has 0 aliphatic rings. The Balaban J connectivity index is 1.64. The number of hydrogen-bond donors (Lipinski definition) is 0. The molecule has 0 N–H and O–H groups in total. The molecule has 2 atom stereocenters. The fourth-order valence-electron chi connectivity index (χ4n) is 2.51. The summed E-state index contributed by atoms with van der Waals surface area (Å²) in [5.74, 6) is 0.494. The molecule has 1 heterocycles. The van der Waals surface area contributed by atoms with Gasteiger partial charge in [0.05, 0.1) is 5.02 Å². The van der Waals surface area contributed by atoms with Crippen LogP contribution in [0.1, 0.15) is 42.0 Å². The van der Waals surface area contributed by atoms with Crippen LogP contribution in [0, 0.1) is 5.82 Å². The predicted octanol–water partition coefficient (Wildman–Crippen LogP) is 6.06. The zero-order valence-electron chi connectivity index (χ0n) is 13.9. The predicted molar refractivity (Wildman–Crippen MR) is 98.5 cm³/mol. The largest absolute Gasteiger partial charge is 0.416 e. The highest BCUT2D eigenvalue weighted by Gasteiger charge is 2.16. The van der Waals surface area contributed by atoms with E-state index in [0.29, 0.717) is 23.5 Å². The van der Waals surface area contributed by atoms with Crippen LogP contribution in [0.4, 0.5) is 4.39 Å². The third-order valence-corrected chi connectivity index (χ3v) is 5.27. The molecule has 3 aromatic rings.